The van der Waals surface area contributed by atoms with E-state index in [2.05, 4.69) is 16.1 Å². The number of nitrogens with one attached hydrogen (secondary N) is 1. The molecule has 1 aromatic carbocycles. The second-order valence-corrected chi connectivity index (χ2v) is 6.92. The molecule has 0 unspecified atom stereocenters. The van der Waals surface area contributed by atoms with E-state index in [1.54, 1.807) is 0 Å². The summed E-state index contributed by atoms with van der Waals surface area (Å²) >= 11 is 0. The number of nitrogens with two attached hydrogens (primary N) is 1. The zero-order chi connectivity index (χ0) is 17.9. The Morgan fingerprint density at radius 3 is 2.41 bits per heavy atom. The van der Waals surface area contributed by atoms with Crippen LogP contribution in [0.2, 0.25) is 0 Å². The van der Waals surface area contributed by atoms with E-state index in [0.717, 1.165) is 42.8 Å². The number of rotatable bonds is 6. The smallest absolute Gasteiger partial charge is 0.231 e. The van der Waals surface area contributed by atoms with Crippen molar-refractivity contribution in [2.24, 2.45) is 11.1 Å². The fourth-order valence-electron chi connectivity index (χ4n) is 3.49. The quantitative estimate of drug-likeness (QED) is 0.736. The molecule has 3 rings (SSSR count). The molecule has 0 spiro atoms. The van der Waals surface area contributed by atoms with E-state index in [9.17, 15) is 4.79 Å². The van der Waals surface area contributed by atoms with E-state index in [1.807, 2.05) is 38.1 Å². The van der Waals surface area contributed by atoms with Crippen molar-refractivity contribution in [3.63, 3.8) is 0 Å². The number of anilines is 1. The van der Waals surface area contributed by atoms with Crippen molar-refractivity contribution in [3.8, 4) is 11.3 Å². The van der Waals surface area contributed by atoms with Crippen LogP contribution in [0.5, 0.6) is 0 Å². The van der Waals surface area contributed by atoms with Crippen LogP contribution in [-0.2, 0) is 17.8 Å². The lowest BCUT2D eigenvalue weighted by molar-refractivity contribution is -0.125. The van der Waals surface area contributed by atoms with Gasteiger partial charge < -0.3 is 15.6 Å². The van der Waals surface area contributed by atoms with Gasteiger partial charge in [0.1, 0.15) is 5.82 Å². The predicted molar refractivity (Wildman–Crippen MR) is 116 cm³/mol. The molecule has 2 aromatic rings. The Bertz CT molecular complexity index is 707. The third kappa shape index (κ3) is 4.84. The first kappa shape index (κ1) is 23.5. The van der Waals surface area contributed by atoms with Gasteiger partial charge in [-0.2, -0.15) is 0 Å². The predicted octanol–water partition coefficient (Wildman–Crippen LogP) is 4.43. The number of carbonyl (C=O) groups excluding carboxylic acids is 1. The normalized spacial score (nSPS) is 13.1. The third-order valence-corrected chi connectivity index (χ3v) is 5.57. The van der Waals surface area contributed by atoms with Crippen molar-refractivity contribution in [1.29, 1.82) is 0 Å². The van der Waals surface area contributed by atoms with Gasteiger partial charge in [-0.15, -0.1) is 24.8 Å². The molecule has 7 heteroatoms. The Balaban J connectivity index is 0.00000182. The standard InChI is InChI=1S/C20H28N4O.2ClH/c1-3-20(4-2,14-21)19(25)22-16-10-8-15(9-11-16)17-13-24-12-6-5-7-18(24)23-17;;/h8-11,13H,3-7,12,14,21H2,1-2H3,(H,22,25);2*1H. The van der Waals surface area contributed by atoms with Crippen molar-refractivity contribution in [1.82, 2.24) is 9.55 Å². The topological polar surface area (TPSA) is 72.9 Å². The minimum absolute atomic E-state index is 0. The van der Waals surface area contributed by atoms with Crippen LogP contribution in [0, 0.1) is 5.41 Å². The Morgan fingerprint density at radius 1 is 1.19 bits per heavy atom. The van der Waals surface area contributed by atoms with Gasteiger partial charge in [0.2, 0.25) is 5.91 Å². The highest BCUT2D eigenvalue weighted by molar-refractivity contribution is 5.95. The summed E-state index contributed by atoms with van der Waals surface area (Å²) < 4.78 is 2.26. The SMILES string of the molecule is CCC(CC)(CN)C(=O)Nc1ccc(-c2cn3c(n2)CCCC3)cc1.Cl.Cl. The molecule has 27 heavy (non-hydrogen) atoms. The lowest BCUT2D eigenvalue weighted by Gasteiger charge is -2.28. The van der Waals surface area contributed by atoms with Gasteiger partial charge in [0.05, 0.1) is 11.1 Å². The largest absolute Gasteiger partial charge is 0.334 e. The maximum Gasteiger partial charge on any atom is 0.231 e. The van der Waals surface area contributed by atoms with Crippen LogP contribution in [-0.4, -0.2) is 22.0 Å². The van der Waals surface area contributed by atoms with Gasteiger partial charge in [-0.3, -0.25) is 4.79 Å². The Hall–Kier alpha value is -1.56. The molecule has 150 valence electrons. The van der Waals surface area contributed by atoms with Crippen molar-refractivity contribution in [3.05, 3.63) is 36.3 Å². The average molecular weight is 413 g/mol. The highest BCUT2D eigenvalue weighted by atomic mass is 35.5. The number of hydrogen-bond donors (Lipinski definition) is 2. The van der Waals surface area contributed by atoms with E-state index in [4.69, 9.17) is 10.7 Å². The first-order valence-electron chi connectivity index (χ1n) is 9.30. The van der Waals surface area contributed by atoms with Gasteiger partial charge in [0, 0.05) is 37.0 Å². The summed E-state index contributed by atoms with van der Waals surface area (Å²) in [5.74, 6) is 1.18. The summed E-state index contributed by atoms with van der Waals surface area (Å²) in [4.78, 5) is 17.4. The molecule has 1 aromatic heterocycles. The number of aromatic nitrogens is 2. The molecule has 5 nitrogen and oxygen atoms in total. The van der Waals surface area contributed by atoms with E-state index in [1.165, 1.54) is 18.7 Å². The zero-order valence-corrected chi connectivity index (χ0v) is 17.7. The number of benzene rings is 1. The van der Waals surface area contributed by atoms with Crippen molar-refractivity contribution in [2.75, 3.05) is 11.9 Å². The third-order valence-electron chi connectivity index (χ3n) is 5.57. The molecule has 0 radical (unpaired) electrons. The van der Waals surface area contributed by atoms with Crippen LogP contribution >= 0.6 is 24.8 Å². The number of aryl methyl sites for hydroxylation is 2. The van der Waals surface area contributed by atoms with Gasteiger partial charge in [0.25, 0.3) is 0 Å². The molecule has 3 N–H and O–H groups in total. The maximum absolute atomic E-state index is 12.6. The van der Waals surface area contributed by atoms with Crippen LogP contribution < -0.4 is 11.1 Å². The summed E-state index contributed by atoms with van der Waals surface area (Å²) in [6.45, 7) is 5.45. The molecule has 1 amide bonds. The summed E-state index contributed by atoms with van der Waals surface area (Å²) in [6, 6.07) is 7.92. The van der Waals surface area contributed by atoms with Gasteiger partial charge >= 0.3 is 0 Å². The van der Waals surface area contributed by atoms with Crippen molar-refractivity contribution < 1.29 is 4.79 Å². The first-order chi connectivity index (χ1) is 12.1. The fraction of sp³-hybridized carbons (Fsp3) is 0.500. The number of imidazole rings is 1. The number of fused-ring (bicyclic) bond motifs is 1. The summed E-state index contributed by atoms with van der Waals surface area (Å²) in [6.07, 6.45) is 7.12. The molecular formula is C20H30Cl2N4O. The zero-order valence-electron chi connectivity index (χ0n) is 16.0. The van der Waals surface area contributed by atoms with Crippen LogP contribution in [0.1, 0.15) is 45.4 Å². The number of hydrogen-bond acceptors (Lipinski definition) is 3. The second-order valence-electron chi connectivity index (χ2n) is 6.92. The lowest BCUT2D eigenvalue weighted by Crippen LogP contribution is -2.41. The Kier molecular flexibility index (Phi) is 8.79. The second kappa shape index (κ2) is 10.1. The fourth-order valence-corrected chi connectivity index (χ4v) is 3.49. The van der Waals surface area contributed by atoms with E-state index in [0.29, 0.717) is 6.54 Å². The summed E-state index contributed by atoms with van der Waals surface area (Å²) in [7, 11) is 0. The monoisotopic (exact) mass is 412 g/mol. The Morgan fingerprint density at radius 2 is 1.85 bits per heavy atom. The first-order valence-corrected chi connectivity index (χ1v) is 9.30. The number of halogens is 2. The molecule has 0 aliphatic carbocycles. The molecule has 0 bridgehead atoms. The van der Waals surface area contributed by atoms with Crippen molar-refractivity contribution in [2.45, 2.75) is 52.5 Å². The van der Waals surface area contributed by atoms with Crippen molar-refractivity contribution >= 4 is 36.4 Å². The van der Waals surface area contributed by atoms with E-state index in [-0.39, 0.29) is 30.7 Å². The molecule has 0 saturated carbocycles. The van der Waals surface area contributed by atoms with Crippen LogP contribution in [0.4, 0.5) is 5.69 Å². The number of amides is 1. The maximum atomic E-state index is 12.6. The van der Waals surface area contributed by atoms with Gasteiger partial charge in [-0.25, -0.2) is 4.98 Å². The Labute approximate surface area is 173 Å². The molecule has 0 fully saturated rings. The average Bonchev–Trinajstić information content (AvgIpc) is 3.08. The van der Waals surface area contributed by atoms with E-state index >= 15 is 0 Å². The van der Waals surface area contributed by atoms with Crippen LogP contribution in [0.25, 0.3) is 11.3 Å². The summed E-state index contributed by atoms with van der Waals surface area (Å²) in [5, 5.41) is 3.02. The molecule has 1 aliphatic rings. The molecule has 0 saturated heterocycles. The van der Waals surface area contributed by atoms with E-state index < -0.39 is 5.41 Å². The molecule has 1 aliphatic heterocycles. The molecule has 2 heterocycles. The van der Waals surface area contributed by atoms with Gasteiger partial charge in [-0.1, -0.05) is 26.0 Å². The van der Waals surface area contributed by atoms with Crippen LogP contribution in [0.15, 0.2) is 30.5 Å². The van der Waals surface area contributed by atoms with Crippen LogP contribution in [0.3, 0.4) is 0 Å². The number of carbonyl (C=O) groups is 1. The molecule has 0 atom stereocenters. The molecular weight excluding hydrogens is 383 g/mol. The summed E-state index contributed by atoms with van der Waals surface area (Å²) in [5.41, 5.74) is 8.27. The highest BCUT2D eigenvalue weighted by Gasteiger charge is 2.33. The number of nitrogens with zero attached hydrogens (tertiary/aromatic N) is 2. The highest BCUT2D eigenvalue weighted by Crippen LogP contribution is 2.28. The minimum atomic E-state index is -0.485. The van der Waals surface area contributed by atoms with Gasteiger partial charge in [-0.05, 0) is 37.8 Å². The minimum Gasteiger partial charge on any atom is -0.334 e. The lowest BCUT2D eigenvalue weighted by atomic mass is 9.81. The van der Waals surface area contributed by atoms with Gasteiger partial charge in [0.15, 0.2) is 0 Å².